The van der Waals surface area contributed by atoms with E-state index >= 15 is 4.39 Å². The molecule has 0 bridgehead atoms. The zero-order valence-corrected chi connectivity index (χ0v) is 18.5. The number of rotatable bonds is 4. The van der Waals surface area contributed by atoms with Crippen LogP contribution in [0.1, 0.15) is 40.6 Å². The highest BCUT2D eigenvalue weighted by Crippen LogP contribution is 2.69. The van der Waals surface area contributed by atoms with Crippen LogP contribution in [0.4, 0.5) is 53.3 Å². The summed E-state index contributed by atoms with van der Waals surface area (Å²) in [6.07, 6.45) is 1.50. The Bertz CT molecular complexity index is 1020. The van der Waals surface area contributed by atoms with Crippen molar-refractivity contribution in [2.45, 2.75) is 67.9 Å². The second-order valence-corrected chi connectivity index (χ2v) is 9.31. The molecule has 0 radical (unpaired) electrons. The van der Waals surface area contributed by atoms with Gasteiger partial charge in [-0.25, -0.2) is 9.18 Å². The monoisotopic (exact) mass is 547 g/mol. The molecule has 2 aliphatic carbocycles. The first-order chi connectivity index (χ1) is 15.8. The quantitative estimate of drug-likeness (QED) is 0.378. The third kappa shape index (κ3) is 3.16. The van der Waals surface area contributed by atoms with Gasteiger partial charge in [-0.2, -0.15) is 43.9 Å². The number of ether oxygens (including phenoxy) is 1. The highest BCUT2D eigenvalue weighted by atomic mass is 32.1. The molecule has 0 aliphatic heterocycles. The summed E-state index contributed by atoms with van der Waals surface area (Å²) in [5.41, 5.74) is -7.29. The van der Waals surface area contributed by atoms with E-state index in [4.69, 9.17) is 0 Å². The van der Waals surface area contributed by atoms with Gasteiger partial charge in [0.2, 0.25) is 0 Å². The lowest BCUT2D eigenvalue weighted by atomic mass is 9.71. The summed E-state index contributed by atoms with van der Waals surface area (Å²) in [6, 6.07) is 0. The number of hydrogen-bond acceptors (Lipinski definition) is 4. The fourth-order valence-electron chi connectivity index (χ4n) is 4.10. The topological polar surface area (TPSA) is 55.4 Å². The molecule has 16 heteroatoms. The van der Waals surface area contributed by atoms with Crippen LogP contribution in [0.3, 0.4) is 0 Å². The number of methoxy groups -OCH3 is 1. The molecular weight excluding hydrogens is 531 g/mol. The summed E-state index contributed by atoms with van der Waals surface area (Å²) >= 11 is 0.403. The largest absolute Gasteiger partial charge is 0.465 e. The van der Waals surface area contributed by atoms with Crippen LogP contribution >= 0.6 is 11.3 Å². The van der Waals surface area contributed by atoms with Gasteiger partial charge in [0.15, 0.2) is 0 Å². The number of halogens is 11. The molecule has 1 atom stereocenters. The molecule has 4 nitrogen and oxygen atoms in total. The van der Waals surface area contributed by atoms with Crippen LogP contribution in [0.25, 0.3) is 0 Å². The molecule has 35 heavy (non-hydrogen) atoms. The van der Waals surface area contributed by atoms with Crippen LogP contribution in [-0.2, 0) is 22.4 Å². The van der Waals surface area contributed by atoms with Gasteiger partial charge in [-0.1, -0.05) is 13.3 Å². The van der Waals surface area contributed by atoms with Gasteiger partial charge >= 0.3 is 41.3 Å². The van der Waals surface area contributed by atoms with E-state index in [-0.39, 0.29) is 24.3 Å². The first kappa shape index (κ1) is 27.5. The standard InChI is InChI=1S/C19H16F11NO3S/c1-3-7-4-5-8-9(6-7)35-11(10(8)12(32)34-2)31-13(33)14(20)15(21,22)17(25,26)19(29,30)18(27,28)16(14,23)24/h7H,3-6H2,1-2H3,(H,31,33). The van der Waals surface area contributed by atoms with E-state index in [9.17, 15) is 53.5 Å². The lowest BCUT2D eigenvalue weighted by Gasteiger charge is -2.51. The number of alkyl halides is 11. The first-order valence-electron chi connectivity index (χ1n) is 9.90. The molecule has 1 heterocycles. The third-order valence-electron chi connectivity index (χ3n) is 6.32. The van der Waals surface area contributed by atoms with Crippen molar-refractivity contribution in [3.05, 3.63) is 16.0 Å². The number of fused-ring (bicyclic) bond motifs is 1. The molecule has 3 rings (SSSR count). The number of amides is 1. The molecule has 0 saturated heterocycles. The molecule has 1 amide bonds. The van der Waals surface area contributed by atoms with E-state index in [0.717, 1.165) is 12.4 Å². The van der Waals surface area contributed by atoms with Crippen molar-refractivity contribution in [3.63, 3.8) is 0 Å². The highest BCUT2D eigenvalue weighted by Gasteiger charge is 3.02. The molecule has 1 aromatic rings. The van der Waals surface area contributed by atoms with Crippen LogP contribution in [0.15, 0.2) is 0 Å². The SMILES string of the molecule is CCC1CCc2c(sc(NC(=O)C3(F)C(F)(F)C(F)(F)C(F)(F)C(F)(F)C3(F)F)c2C(=O)OC)C1. The van der Waals surface area contributed by atoms with Crippen LogP contribution in [0.2, 0.25) is 0 Å². The number of carbonyl (C=O) groups excluding carboxylic acids is 2. The Morgan fingerprint density at radius 3 is 1.86 bits per heavy atom. The van der Waals surface area contributed by atoms with Gasteiger partial charge < -0.3 is 10.1 Å². The average molecular weight is 547 g/mol. The third-order valence-corrected chi connectivity index (χ3v) is 7.49. The molecule has 2 aliphatic rings. The summed E-state index contributed by atoms with van der Waals surface area (Å²) in [7, 11) is 0.832. The van der Waals surface area contributed by atoms with E-state index in [1.54, 1.807) is 0 Å². The molecule has 0 aromatic carbocycles. The predicted molar refractivity (Wildman–Crippen MR) is 98.7 cm³/mol. The maximum Gasteiger partial charge on any atom is 0.384 e. The molecule has 198 valence electrons. The molecule has 0 spiro atoms. The Morgan fingerprint density at radius 1 is 0.914 bits per heavy atom. The van der Waals surface area contributed by atoms with Gasteiger partial charge in [0, 0.05) is 4.88 Å². The lowest BCUT2D eigenvalue weighted by Crippen LogP contribution is -2.86. The van der Waals surface area contributed by atoms with E-state index in [1.165, 1.54) is 0 Å². The predicted octanol–water partition coefficient (Wildman–Crippen LogP) is 5.89. The van der Waals surface area contributed by atoms with Crippen molar-refractivity contribution in [3.8, 4) is 0 Å². The van der Waals surface area contributed by atoms with Crippen LogP contribution < -0.4 is 5.32 Å². The Balaban J connectivity index is 2.16. The van der Waals surface area contributed by atoms with E-state index in [0.29, 0.717) is 29.1 Å². The first-order valence-corrected chi connectivity index (χ1v) is 10.7. The summed E-state index contributed by atoms with van der Waals surface area (Å²) in [5.74, 6) is -41.6. The molecular formula is C19H16F11NO3S. The van der Waals surface area contributed by atoms with Crippen molar-refractivity contribution < 1.29 is 62.6 Å². The Morgan fingerprint density at radius 2 is 1.40 bits per heavy atom. The van der Waals surface area contributed by atoms with Crippen molar-refractivity contribution >= 4 is 28.2 Å². The van der Waals surface area contributed by atoms with Crippen LogP contribution in [0, 0.1) is 5.92 Å². The van der Waals surface area contributed by atoms with Crippen molar-refractivity contribution in [2.24, 2.45) is 5.92 Å². The second-order valence-electron chi connectivity index (χ2n) is 8.20. The van der Waals surface area contributed by atoms with Crippen LogP contribution in [0.5, 0.6) is 0 Å². The number of hydrogen-bond donors (Lipinski definition) is 1. The van der Waals surface area contributed by atoms with Crippen LogP contribution in [-0.4, -0.2) is 54.3 Å². The van der Waals surface area contributed by atoms with Crippen molar-refractivity contribution in [2.75, 3.05) is 12.4 Å². The number of esters is 1. The van der Waals surface area contributed by atoms with Gasteiger partial charge in [0.25, 0.3) is 5.91 Å². The summed E-state index contributed by atoms with van der Waals surface area (Å²) in [4.78, 5) is 24.8. The van der Waals surface area contributed by atoms with Crippen molar-refractivity contribution in [1.29, 1.82) is 0 Å². The Kier molecular flexibility index (Phi) is 6.22. The number of nitrogens with one attached hydrogen (secondary N) is 1. The van der Waals surface area contributed by atoms with Crippen molar-refractivity contribution in [1.82, 2.24) is 0 Å². The molecule has 1 fully saturated rings. The zero-order chi connectivity index (χ0) is 27.0. The summed E-state index contributed by atoms with van der Waals surface area (Å²) in [6.45, 7) is 1.81. The zero-order valence-electron chi connectivity index (χ0n) is 17.7. The van der Waals surface area contributed by atoms with Gasteiger partial charge in [-0.15, -0.1) is 11.3 Å². The van der Waals surface area contributed by atoms with E-state index in [2.05, 4.69) is 4.74 Å². The normalized spacial score (nSPS) is 26.9. The minimum absolute atomic E-state index is 0.0364. The number of thiophene rings is 1. The fraction of sp³-hybridized carbons (Fsp3) is 0.684. The van der Waals surface area contributed by atoms with Gasteiger partial charge in [0.05, 0.1) is 12.7 Å². The second kappa shape index (κ2) is 7.93. The maximum absolute atomic E-state index is 15.0. The molecule has 1 saturated carbocycles. The molecule has 1 aromatic heterocycles. The maximum atomic E-state index is 15.0. The average Bonchev–Trinajstić information content (AvgIpc) is 3.12. The minimum Gasteiger partial charge on any atom is -0.465 e. The highest BCUT2D eigenvalue weighted by molar-refractivity contribution is 7.17. The Hall–Kier alpha value is -2.13. The lowest BCUT2D eigenvalue weighted by molar-refractivity contribution is -0.475. The van der Waals surface area contributed by atoms with E-state index < -0.39 is 57.7 Å². The summed E-state index contributed by atoms with van der Waals surface area (Å²) in [5, 5.41) is 0.152. The van der Waals surface area contributed by atoms with Gasteiger partial charge in [-0.05, 0) is 30.7 Å². The number of carbonyl (C=O) groups is 2. The summed E-state index contributed by atoms with van der Waals surface area (Å²) < 4.78 is 158. The van der Waals surface area contributed by atoms with E-state index in [1.807, 2.05) is 6.92 Å². The smallest absolute Gasteiger partial charge is 0.384 e. The Labute approximate surface area is 193 Å². The fourth-order valence-corrected chi connectivity index (χ4v) is 5.45. The number of anilines is 1. The van der Waals surface area contributed by atoms with Gasteiger partial charge in [0.1, 0.15) is 5.00 Å². The molecule has 1 N–H and O–H groups in total. The minimum atomic E-state index is -7.43. The molecule has 1 unspecified atom stereocenters. The van der Waals surface area contributed by atoms with Gasteiger partial charge in [-0.3, -0.25) is 4.79 Å².